The Hall–Kier alpha value is -2.19. The molecular formula is C18H22BFN2O4. The van der Waals surface area contributed by atoms with Gasteiger partial charge in [0.15, 0.2) is 17.3 Å². The molecule has 1 N–H and O–H groups in total. The van der Waals surface area contributed by atoms with E-state index in [0.717, 1.165) is 5.46 Å². The lowest BCUT2D eigenvalue weighted by atomic mass is 9.79. The molecule has 3 rings (SSSR count). The lowest BCUT2D eigenvalue weighted by molar-refractivity contribution is 0.00578. The Kier molecular flexibility index (Phi) is 4.66. The number of rotatable bonds is 4. The average Bonchev–Trinajstić information content (AvgIpc) is 3.04. The van der Waals surface area contributed by atoms with Gasteiger partial charge in [-0.2, -0.15) is 0 Å². The van der Waals surface area contributed by atoms with Crippen molar-refractivity contribution in [3.05, 3.63) is 41.6 Å². The molecule has 1 aliphatic heterocycles. The van der Waals surface area contributed by atoms with Crippen molar-refractivity contribution >= 4 is 24.2 Å². The summed E-state index contributed by atoms with van der Waals surface area (Å²) in [5.41, 5.74) is 0.528. The topological polar surface area (TPSA) is 73.6 Å². The molecule has 0 radical (unpaired) electrons. The summed E-state index contributed by atoms with van der Waals surface area (Å²) < 4.78 is 30.0. The van der Waals surface area contributed by atoms with E-state index in [1.54, 1.807) is 19.1 Å². The molecule has 1 amide bonds. The quantitative estimate of drug-likeness (QED) is 0.849. The number of halogens is 1. The van der Waals surface area contributed by atoms with Gasteiger partial charge in [0, 0.05) is 12.6 Å². The Morgan fingerprint density at radius 2 is 1.73 bits per heavy atom. The number of nitrogens with one attached hydrogen (secondary N) is 1. The highest BCUT2D eigenvalue weighted by Crippen LogP contribution is 2.36. The fourth-order valence-corrected chi connectivity index (χ4v) is 2.63. The second kappa shape index (κ2) is 6.52. The molecule has 0 bridgehead atoms. The van der Waals surface area contributed by atoms with E-state index >= 15 is 0 Å². The zero-order chi connectivity index (χ0) is 19.1. The molecule has 8 heteroatoms. The van der Waals surface area contributed by atoms with Crippen molar-refractivity contribution in [3.63, 3.8) is 0 Å². The van der Waals surface area contributed by atoms with Crippen molar-refractivity contribution in [1.29, 1.82) is 0 Å². The normalized spacial score (nSPS) is 18.2. The summed E-state index contributed by atoms with van der Waals surface area (Å²) >= 11 is 0. The number of carbonyl (C=O) groups excluding carboxylic acids is 1. The van der Waals surface area contributed by atoms with Crippen LogP contribution in [0, 0.1) is 6.92 Å². The van der Waals surface area contributed by atoms with Crippen LogP contribution in [0.1, 0.15) is 49.8 Å². The van der Waals surface area contributed by atoms with Gasteiger partial charge in [-0.15, -0.1) is 0 Å². The predicted molar refractivity (Wildman–Crippen MR) is 96.2 cm³/mol. The zero-order valence-electron chi connectivity index (χ0n) is 15.6. The first kappa shape index (κ1) is 18.6. The largest absolute Gasteiger partial charge is 0.494 e. The minimum atomic E-state index is -0.884. The van der Waals surface area contributed by atoms with Gasteiger partial charge in [0.25, 0.3) is 5.91 Å². The summed E-state index contributed by atoms with van der Waals surface area (Å²) in [4.78, 5) is 16.2. The maximum atomic E-state index is 12.9. The standard InChI is InChI=1S/C18H22BFN2O4/c1-11-21-15(14(10-20)24-11)16(23)22-13-8-6-12(7-9-13)19-25-17(2,3)18(4,5)26-19/h6-9H,10H2,1-5H3,(H,22,23). The first-order valence-electron chi connectivity index (χ1n) is 8.42. The molecule has 138 valence electrons. The summed E-state index contributed by atoms with van der Waals surface area (Å²) in [5.74, 6) is -0.342. The predicted octanol–water partition coefficient (Wildman–Crippen LogP) is 3.00. The van der Waals surface area contributed by atoms with Gasteiger partial charge in [-0.1, -0.05) is 12.1 Å². The van der Waals surface area contributed by atoms with Crippen LogP contribution in [0.5, 0.6) is 0 Å². The van der Waals surface area contributed by atoms with Crippen LogP contribution in [-0.2, 0) is 16.0 Å². The van der Waals surface area contributed by atoms with E-state index in [2.05, 4.69) is 10.3 Å². The second-order valence-electron chi connectivity index (χ2n) is 7.30. The van der Waals surface area contributed by atoms with Crippen LogP contribution in [0.25, 0.3) is 0 Å². The number of aryl methyl sites for hydroxylation is 1. The molecule has 1 fully saturated rings. The van der Waals surface area contributed by atoms with Gasteiger partial charge in [-0.05, 0) is 45.3 Å². The first-order valence-corrected chi connectivity index (χ1v) is 8.42. The third-order valence-electron chi connectivity index (χ3n) is 4.83. The molecule has 1 aromatic carbocycles. The molecule has 26 heavy (non-hydrogen) atoms. The summed E-state index contributed by atoms with van der Waals surface area (Å²) in [5, 5.41) is 2.69. The molecule has 2 aromatic rings. The molecule has 0 spiro atoms. The Morgan fingerprint density at radius 1 is 1.15 bits per heavy atom. The Labute approximate surface area is 152 Å². The Morgan fingerprint density at radius 3 is 2.27 bits per heavy atom. The number of hydrogen-bond donors (Lipinski definition) is 1. The molecule has 2 heterocycles. The molecule has 0 saturated carbocycles. The Bertz CT molecular complexity index is 801. The number of benzene rings is 1. The monoisotopic (exact) mass is 360 g/mol. The van der Waals surface area contributed by atoms with Gasteiger partial charge in [0.2, 0.25) is 0 Å². The van der Waals surface area contributed by atoms with Crippen LogP contribution in [-0.4, -0.2) is 29.2 Å². The third-order valence-corrected chi connectivity index (χ3v) is 4.83. The summed E-state index contributed by atoms with van der Waals surface area (Å²) in [6.07, 6.45) is 0. The van der Waals surface area contributed by atoms with Crippen molar-refractivity contribution < 1.29 is 22.9 Å². The third kappa shape index (κ3) is 3.39. The van der Waals surface area contributed by atoms with Crippen LogP contribution in [0.2, 0.25) is 0 Å². The maximum absolute atomic E-state index is 12.9. The van der Waals surface area contributed by atoms with Crippen molar-refractivity contribution in [2.45, 2.75) is 52.5 Å². The van der Waals surface area contributed by atoms with E-state index in [-0.39, 0.29) is 17.3 Å². The smallest absolute Gasteiger partial charge is 0.442 e. The van der Waals surface area contributed by atoms with Gasteiger partial charge >= 0.3 is 7.12 Å². The van der Waals surface area contributed by atoms with Crippen LogP contribution >= 0.6 is 0 Å². The number of anilines is 1. The molecule has 6 nitrogen and oxygen atoms in total. The lowest BCUT2D eigenvalue weighted by Crippen LogP contribution is -2.41. The van der Waals surface area contributed by atoms with Crippen molar-refractivity contribution in [3.8, 4) is 0 Å². The molecule has 0 unspecified atom stereocenters. The van der Waals surface area contributed by atoms with E-state index < -0.39 is 30.9 Å². The lowest BCUT2D eigenvalue weighted by Gasteiger charge is -2.32. The molecule has 1 aromatic heterocycles. The highest BCUT2D eigenvalue weighted by molar-refractivity contribution is 6.62. The number of amides is 1. The molecular weight excluding hydrogens is 338 g/mol. The fourth-order valence-electron chi connectivity index (χ4n) is 2.63. The second-order valence-corrected chi connectivity index (χ2v) is 7.30. The number of alkyl halides is 1. The Balaban J connectivity index is 1.71. The molecule has 0 atom stereocenters. The van der Waals surface area contributed by atoms with Gasteiger partial charge < -0.3 is 19.0 Å². The van der Waals surface area contributed by atoms with E-state index in [0.29, 0.717) is 5.69 Å². The highest BCUT2D eigenvalue weighted by Gasteiger charge is 2.51. The van der Waals surface area contributed by atoms with E-state index in [1.165, 1.54) is 0 Å². The van der Waals surface area contributed by atoms with Crippen LogP contribution in [0.15, 0.2) is 28.7 Å². The number of oxazole rings is 1. The number of hydrogen-bond acceptors (Lipinski definition) is 5. The zero-order valence-corrected chi connectivity index (χ0v) is 15.6. The van der Waals surface area contributed by atoms with Crippen molar-refractivity contribution in [2.75, 3.05) is 5.32 Å². The summed E-state index contributed by atoms with van der Waals surface area (Å²) in [6, 6.07) is 7.12. The average molecular weight is 360 g/mol. The van der Waals surface area contributed by atoms with E-state index in [4.69, 9.17) is 13.7 Å². The molecule has 1 saturated heterocycles. The van der Waals surface area contributed by atoms with Crippen LogP contribution < -0.4 is 10.8 Å². The number of carbonyl (C=O) groups is 1. The van der Waals surface area contributed by atoms with Crippen LogP contribution in [0.3, 0.4) is 0 Å². The van der Waals surface area contributed by atoms with Gasteiger partial charge in [-0.3, -0.25) is 4.79 Å². The van der Waals surface area contributed by atoms with E-state index in [9.17, 15) is 9.18 Å². The fraction of sp³-hybridized carbons (Fsp3) is 0.444. The molecule has 0 aliphatic carbocycles. The van der Waals surface area contributed by atoms with Crippen LogP contribution in [0.4, 0.5) is 10.1 Å². The highest BCUT2D eigenvalue weighted by atomic mass is 19.1. The van der Waals surface area contributed by atoms with Crippen molar-refractivity contribution in [1.82, 2.24) is 4.98 Å². The van der Waals surface area contributed by atoms with E-state index in [1.807, 2.05) is 39.8 Å². The maximum Gasteiger partial charge on any atom is 0.494 e. The number of aromatic nitrogens is 1. The summed E-state index contributed by atoms with van der Waals surface area (Å²) in [6.45, 7) is 8.64. The van der Waals surface area contributed by atoms with Gasteiger partial charge in [0.05, 0.1) is 11.2 Å². The molecule has 1 aliphatic rings. The van der Waals surface area contributed by atoms with Gasteiger partial charge in [-0.25, -0.2) is 9.37 Å². The SMILES string of the molecule is Cc1nc(C(=O)Nc2ccc(B3OC(C)(C)C(C)(C)O3)cc2)c(CF)o1. The first-order chi connectivity index (χ1) is 12.1. The summed E-state index contributed by atoms with van der Waals surface area (Å²) in [7, 11) is -0.471. The number of nitrogens with zero attached hydrogens (tertiary/aromatic N) is 1. The van der Waals surface area contributed by atoms with Gasteiger partial charge in [0.1, 0.15) is 6.67 Å². The minimum Gasteiger partial charge on any atom is -0.442 e. The minimum absolute atomic E-state index is 0.0416. The van der Waals surface area contributed by atoms with Crippen molar-refractivity contribution in [2.24, 2.45) is 0 Å².